The lowest BCUT2D eigenvalue weighted by molar-refractivity contribution is 0.454. The first-order chi connectivity index (χ1) is 12.4. The quantitative estimate of drug-likeness (QED) is 0.525. The molecule has 0 nitrogen and oxygen atoms in total. The summed E-state index contributed by atoms with van der Waals surface area (Å²) in [5.41, 5.74) is 9.73. The summed E-state index contributed by atoms with van der Waals surface area (Å²) < 4.78 is 0. The van der Waals surface area contributed by atoms with Crippen molar-refractivity contribution >= 4 is 6.08 Å². The Hall–Kier alpha value is -1.82. The van der Waals surface area contributed by atoms with Crippen molar-refractivity contribution in [3.8, 4) is 11.1 Å². The van der Waals surface area contributed by atoms with Crippen LogP contribution in [0.5, 0.6) is 0 Å². The number of hydrogen-bond donors (Lipinski definition) is 0. The van der Waals surface area contributed by atoms with E-state index < -0.39 is 0 Å². The van der Waals surface area contributed by atoms with Gasteiger partial charge in [-0.15, -0.1) is 0 Å². The molecule has 4 rings (SSSR count). The van der Waals surface area contributed by atoms with Gasteiger partial charge in [-0.1, -0.05) is 88.2 Å². The van der Waals surface area contributed by atoms with E-state index in [1.54, 1.807) is 5.57 Å². The molecule has 2 aliphatic rings. The summed E-state index contributed by atoms with van der Waals surface area (Å²) in [4.78, 5) is 0. The second-order valence-corrected chi connectivity index (χ2v) is 9.58. The van der Waals surface area contributed by atoms with Gasteiger partial charge in [-0.3, -0.25) is 0 Å². The van der Waals surface area contributed by atoms with Gasteiger partial charge in [0, 0.05) is 0 Å². The molecule has 2 aromatic rings. The number of rotatable bonds is 5. The van der Waals surface area contributed by atoms with E-state index in [0.717, 1.165) is 6.42 Å². The molecule has 2 aromatic carbocycles. The van der Waals surface area contributed by atoms with Crippen molar-refractivity contribution in [3.63, 3.8) is 0 Å². The zero-order valence-electron chi connectivity index (χ0n) is 16.9. The first-order valence-electron chi connectivity index (χ1n) is 10.3. The molecule has 0 heterocycles. The van der Waals surface area contributed by atoms with Gasteiger partial charge in [0.1, 0.15) is 0 Å². The molecule has 0 spiro atoms. The molecule has 2 aliphatic carbocycles. The van der Waals surface area contributed by atoms with Crippen LogP contribution in [0, 0.1) is 5.41 Å². The summed E-state index contributed by atoms with van der Waals surface area (Å²) in [5, 5.41) is 0. The molecule has 0 N–H and O–H groups in total. The second-order valence-electron chi connectivity index (χ2n) is 9.58. The van der Waals surface area contributed by atoms with E-state index in [1.165, 1.54) is 59.9 Å². The summed E-state index contributed by atoms with van der Waals surface area (Å²) in [6, 6.07) is 15.9. The van der Waals surface area contributed by atoms with E-state index in [4.69, 9.17) is 0 Å². The van der Waals surface area contributed by atoms with E-state index in [9.17, 15) is 0 Å². The highest BCUT2D eigenvalue weighted by Crippen LogP contribution is 2.55. The third-order valence-electron chi connectivity index (χ3n) is 6.33. The molecule has 0 heteroatoms. The van der Waals surface area contributed by atoms with Gasteiger partial charge < -0.3 is 0 Å². The molecule has 0 aliphatic heterocycles. The minimum Gasteiger partial charge on any atom is -0.0654 e. The maximum atomic E-state index is 2.53. The molecule has 136 valence electrons. The highest BCUT2D eigenvalue weighted by atomic mass is 14.5. The third kappa shape index (κ3) is 3.27. The average Bonchev–Trinajstić information content (AvgIpc) is 3.22. The van der Waals surface area contributed by atoms with Gasteiger partial charge in [-0.2, -0.15) is 0 Å². The molecule has 0 atom stereocenters. The number of allylic oxidation sites excluding steroid dienone is 1. The molecule has 0 radical (unpaired) electrons. The largest absolute Gasteiger partial charge is 0.0654 e. The first kappa shape index (κ1) is 17.6. The Balaban J connectivity index is 1.72. The molecule has 0 bridgehead atoms. The van der Waals surface area contributed by atoms with Crippen LogP contribution in [0.4, 0.5) is 0 Å². The molecule has 1 saturated carbocycles. The van der Waals surface area contributed by atoms with Crippen LogP contribution in [-0.4, -0.2) is 0 Å². The van der Waals surface area contributed by atoms with E-state index in [2.05, 4.69) is 76.2 Å². The average molecular weight is 345 g/mol. The Bertz CT molecular complexity index is 841. The van der Waals surface area contributed by atoms with Crippen LogP contribution in [-0.2, 0) is 11.8 Å². The molecule has 1 fully saturated rings. The number of fused-ring (bicyclic) bond motifs is 1. The standard InChI is InChI=1S/C26H32/c1-5-13-26(14-15-26)18-19-16-20-9-8-11-21(23(20)17-19)22-10-6-7-12-24(22)25(2,3)4/h6-12,17H,5,13-16,18H2,1-4H3. The van der Waals surface area contributed by atoms with Crippen LogP contribution in [0.15, 0.2) is 48.0 Å². The summed E-state index contributed by atoms with van der Waals surface area (Å²) in [6.07, 6.45) is 10.6. The van der Waals surface area contributed by atoms with Gasteiger partial charge in [-0.25, -0.2) is 0 Å². The lowest BCUT2D eigenvalue weighted by Crippen LogP contribution is -2.12. The monoisotopic (exact) mass is 344 g/mol. The Kier molecular flexibility index (Phi) is 4.34. The van der Waals surface area contributed by atoms with Gasteiger partial charge in [0.05, 0.1) is 0 Å². The van der Waals surface area contributed by atoms with Crippen molar-refractivity contribution in [2.45, 2.75) is 71.6 Å². The van der Waals surface area contributed by atoms with Crippen LogP contribution in [0.2, 0.25) is 0 Å². The number of benzene rings is 2. The Morgan fingerprint density at radius 3 is 2.35 bits per heavy atom. The van der Waals surface area contributed by atoms with Gasteiger partial charge >= 0.3 is 0 Å². The van der Waals surface area contributed by atoms with Crippen LogP contribution in [0.1, 0.15) is 76.5 Å². The van der Waals surface area contributed by atoms with Crippen molar-refractivity contribution in [2.75, 3.05) is 0 Å². The summed E-state index contributed by atoms with van der Waals surface area (Å²) in [7, 11) is 0. The highest BCUT2D eigenvalue weighted by molar-refractivity contribution is 5.82. The maximum absolute atomic E-state index is 2.53. The topological polar surface area (TPSA) is 0 Å². The molecule has 0 amide bonds. The van der Waals surface area contributed by atoms with E-state index >= 15 is 0 Å². The fraction of sp³-hybridized carbons (Fsp3) is 0.462. The smallest absolute Gasteiger partial charge is 0.00574 e. The minimum absolute atomic E-state index is 0.156. The lowest BCUT2D eigenvalue weighted by Gasteiger charge is -2.24. The SMILES string of the molecule is CCCC1(CC2=Cc3c(cccc3-c3ccccc3C(C)(C)C)C2)CC1. The third-order valence-corrected chi connectivity index (χ3v) is 6.33. The van der Waals surface area contributed by atoms with Crippen molar-refractivity contribution in [3.05, 3.63) is 64.7 Å². The highest BCUT2D eigenvalue weighted by Gasteiger charge is 2.42. The predicted octanol–water partition coefficient (Wildman–Crippen LogP) is 7.56. The van der Waals surface area contributed by atoms with E-state index in [-0.39, 0.29) is 5.41 Å². The van der Waals surface area contributed by atoms with Gasteiger partial charge in [0.25, 0.3) is 0 Å². The first-order valence-corrected chi connectivity index (χ1v) is 10.3. The van der Waals surface area contributed by atoms with Crippen molar-refractivity contribution in [1.82, 2.24) is 0 Å². The van der Waals surface area contributed by atoms with Gasteiger partial charge in [0.2, 0.25) is 0 Å². The molecule has 26 heavy (non-hydrogen) atoms. The zero-order valence-corrected chi connectivity index (χ0v) is 16.9. The van der Waals surface area contributed by atoms with Crippen LogP contribution < -0.4 is 0 Å². The summed E-state index contributed by atoms with van der Waals surface area (Å²) >= 11 is 0. The minimum atomic E-state index is 0.156. The Morgan fingerprint density at radius 1 is 0.923 bits per heavy atom. The van der Waals surface area contributed by atoms with Crippen LogP contribution in [0.25, 0.3) is 17.2 Å². The second kappa shape index (κ2) is 6.41. The van der Waals surface area contributed by atoms with Gasteiger partial charge in [0.15, 0.2) is 0 Å². The predicted molar refractivity (Wildman–Crippen MR) is 113 cm³/mol. The van der Waals surface area contributed by atoms with Gasteiger partial charge in [-0.05, 0) is 70.8 Å². The van der Waals surface area contributed by atoms with Crippen LogP contribution >= 0.6 is 0 Å². The summed E-state index contributed by atoms with van der Waals surface area (Å²) in [5.74, 6) is 0. The van der Waals surface area contributed by atoms with Crippen LogP contribution in [0.3, 0.4) is 0 Å². The van der Waals surface area contributed by atoms with E-state index in [0.29, 0.717) is 5.41 Å². The summed E-state index contributed by atoms with van der Waals surface area (Å²) in [6.45, 7) is 9.28. The Labute approximate surface area is 159 Å². The molecular formula is C26H32. The Morgan fingerprint density at radius 2 is 1.65 bits per heavy atom. The zero-order chi connectivity index (χ0) is 18.4. The lowest BCUT2D eigenvalue weighted by atomic mass is 9.81. The fourth-order valence-corrected chi connectivity index (χ4v) is 4.86. The fourth-order valence-electron chi connectivity index (χ4n) is 4.86. The molecular weight excluding hydrogens is 312 g/mol. The maximum Gasteiger partial charge on any atom is -0.00574 e. The van der Waals surface area contributed by atoms with E-state index in [1.807, 2.05) is 0 Å². The van der Waals surface area contributed by atoms with Crippen molar-refractivity contribution in [1.29, 1.82) is 0 Å². The van der Waals surface area contributed by atoms with Crippen molar-refractivity contribution < 1.29 is 0 Å². The molecule has 0 aromatic heterocycles. The molecule has 0 unspecified atom stereocenters. The molecule has 0 saturated heterocycles. The number of hydrogen-bond acceptors (Lipinski definition) is 0. The van der Waals surface area contributed by atoms with Crippen molar-refractivity contribution in [2.24, 2.45) is 5.41 Å². The normalized spacial score (nSPS) is 17.8.